The maximum Gasteiger partial charge on any atom is 0.247 e. The Kier molecular flexibility index (Phi) is 4.27. The first-order valence-electron chi connectivity index (χ1n) is 8.36. The zero-order chi connectivity index (χ0) is 17.9. The standard InChI is InChI=1S/C21H17FN2O2/c22-15-6-11-19-14(12-15)13-20(24-19)21(25)23-16-7-9-18(10-8-16)26-17-4-2-1-3-5-17/h1-12,20,24H,13H2,(H,23,25). The lowest BCUT2D eigenvalue weighted by Gasteiger charge is -2.12. The van der Waals surface area contributed by atoms with E-state index in [9.17, 15) is 9.18 Å². The fourth-order valence-electron chi connectivity index (χ4n) is 2.95. The van der Waals surface area contributed by atoms with Crippen LogP contribution in [0.2, 0.25) is 0 Å². The van der Waals surface area contributed by atoms with Gasteiger partial charge in [0.15, 0.2) is 0 Å². The van der Waals surface area contributed by atoms with E-state index in [1.807, 2.05) is 30.3 Å². The number of hydrogen-bond donors (Lipinski definition) is 2. The molecule has 0 bridgehead atoms. The summed E-state index contributed by atoms with van der Waals surface area (Å²) >= 11 is 0. The Labute approximate surface area is 150 Å². The third-order valence-electron chi connectivity index (χ3n) is 4.24. The van der Waals surface area contributed by atoms with Gasteiger partial charge in [0, 0.05) is 17.8 Å². The van der Waals surface area contributed by atoms with Gasteiger partial charge in [0.05, 0.1) is 0 Å². The molecule has 1 aliphatic heterocycles. The van der Waals surface area contributed by atoms with Crippen molar-refractivity contribution < 1.29 is 13.9 Å². The lowest BCUT2D eigenvalue weighted by atomic mass is 10.1. The molecule has 0 saturated heterocycles. The Morgan fingerprint density at radius 3 is 2.50 bits per heavy atom. The lowest BCUT2D eigenvalue weighted by molar-refractivity contribution is -0.116. The zero-order valence-corrected chi connectivity index (χ0v) is 13.9. The van der Waals surface area contributed by atoms with Crippen molar-refractivity contribution in [2.24, 2.45) is 0 Å². The van der Waals surface area contributed by atoms with Crippen LogP contribution >= 0.6 is 0 Å². The summed E-state index contributed by atoms with van der Waals surface area (Å²) in [4.78, 5) is 12.4. The second-order valence-electron chi connectivity index (χ2n) is 6.13. The summed E-state index contributed by atoms with van der Waals surface area (Å²) in [5.74, 6) is 0.999. The van der Waals surface area contributed by atoms with Gasteiger partial charge in [0.2, 0.25) is 5.91 Å². The van der Waals surface area contributed by atoms with Gasteiger partial charge >= 0.3 is 0 Å². The van der Waals surface area contributed by atoms with Crippen LogP contribution in [0.15, 0.2) is 72.8 Å². The van der Waals surface area contributed by atoms with Crippen LogP contribution in [0.4, 0.5) is 15.8 Å². The molecule has 1 atom stereocenters. The summed E-state index contributed by atoms with van der Waals surface area (Å²) < 4.78 is 19.0. The van der Waals surface area contributed by atoms with E-state index in [1.165, 1.54) is 12.1 Å². The molecule has 0 spiro atoms. The number of halogens is 1. The maximum absolute atomic E-state index is 13.3. The fraction of sp³-hybridized carbons (Fsp3) is 0.0952. The number of carbonyl (C=O) groups is 1. The van der Waals surface area contributed by atoms with Crippen LogP contribution < -0.4 is 15.4 Å². The number of carbonyl (C=O) groups excluding carboxylic acids is 1. The summed E-state index contributed by atoms with van der Waals surface area (Å²) in [5, 5.41) is 6.00. The van der Waals surface area contributed by atoms with Gasteiger partial charge in [-0.3, -0.25) is 4.79 Å². The number of para-hydroxylation sites is 1. The third-order valence-corrected chi connectivity index (χ3v) is 4.24. The molecule has 3 aromatic carbocycles. The SMILES string of the molecule is O=C(Nc1ccc(Oc2ccccc2)cc1)C1Cc2cc(F)ccc2N1. The summed E-state index contributed by atoms with van der Waals surface area (Å²) in [6, 6.07) is 20.8. The normalized spacial score (nSPS) is 15.0. The highest BCUT2D eigenvalue weighted by atomic mass is 19.1. The molecule has 26 heavy (non-hydrogen) atoms. The van der Waals surface area contributed by atoms with Crippen molar-refractivity contribution in [1.29, 1.82) is 0 Å². The van der Waals surface area contributed by atoms with E-state index in [1.54, 1.807) is 30.3 Å². The molecule has 1 heterocycles. The van der Waals surface area contributed by atoms with Gasteiger partial charge in [-0.2, -0.15) is 0 Å². The first-order chi connectivity index (χ1) is 12.7. The Bertz CT molecular complexity index is 927. The maximum atomic E-state index is 13.3. The van der Waals surface area contributed by atoms with Crippen molar-refractivity contribution >= 4 is 17.3 Å². The van der Waals surface area contributed by atoms with Gasteiger partial charge in [-0.05, 0) is 60.2 Å². The predicted molar refractivity (Wildman–Crippen MR) is 99.1 cm³/mol. The molecule has 0 saturated carbocycles. The summed E-state index contributed by atoms with van der Waals surface area (Å²) in [7, 11) is 0. The topological polar surface area (TPSA) is 50.4 Å². The van der Waals surface area contributed by atoms with Crippen molar-refractivity contribution in [1.82, 2.24) is 0 Å². The van der Waals surface area contributed by atoms with E-state index in [2.05, 4.69) is 10.6 Å². The van der Waals surface area contributed by atoms with E-state index < -0.39 is 6.04 Å². The van der Waals surface area contributed by atoms with E-state index in [0.29, 0.717) is 17.9 Å². The Morgan fingerprint density at radius 2 is 1.73 bits per heavy atom. The van der Waals surface area contributed by atoms with Crippen LogP contribution in [0.3, 0.4) is 0 Å². The van der Waals surface area contributed by atoms with Gasteiger partial charge in [-0.25, -0.2) is 4.39 Å². The van der Waals surface area contributed by atoms with Gasteiger partial charge in [0.25, 0.3) is 0 Å². The van der Waals surface area contributed by atoms with Crippen LogP contribution in [-0.4, -0.2) is 11.9 Å². The van der Waals surface area contributed by atoms with Gasteiger partial charge in [-0.1, -0.05) is 18.2 Å². The van der Waals surface area contributed by atoms with Crippen LogP contribution in [0.25, 0.3) is 0 Å². The molecule has 3 aromatic rings. The first-order valence-corrected chi connectivity index (χ1v) is 8.36. The lowest BCUT2D eigenvalue weighted by Crippen LogP contribution is -2.32. The van der Waals surface area contributed by atoms with Crippen molar-refractivity contribution in [2.45, 2.75) is 12.5 Å². The molecule has 0 aliphatic carbocycles. The quantitative estimate of drug-likeness (QED) is 0.725. The van der Waals surface area contributed by atoms with Crippen molar-refractivity contribution in [2.75, 3.05) is 10.6 Å². The molecule has 5 heteroatoms. The number of hydrogen-bond acceptors (Lipinski definition) is 3. The minimum absolute atomic E-state index is 0.154. The van der Waals surface area contributed by atoms with Crippen molar-refractivity contribution in [3.63, 3.8) is 0 Å². The molecule has 130 valence electrons. The third kappa shape index (κ3) is 3.52. The number of anilines is 2. The smallest absolute Gasteiger partial charge is 0.247 e. The number of benzene rings is 3. The fourth-order valence-corrected chi connectivity index (χ4v) is 2.95. The monoisotopic (exact) mass is 348 g/mol. The van der Waals surface area contributed by atoms with E-state index in [0.717, 1.165) is 17.0 Å². The second kappa shape index (κ2) is 6.88. The predicted octanol–water partition coefficient (Wildman–Crippen LogP) is 4.59. The molecule has 4 rings (SSSR count). The number of rotatable bonds is 4. The average Bonchev–Trinajstić information content (AvgIpc) is 3.07. The molecule has 1 amide bonds. The highest BCUT2D eigenvalue weighted by Gasteiger charge is 2.26. The minimum Gasteiger partial charge on any atom is -0.457 e. The van der Waals surface area contributed by atoms with E-state index >= 15 is 0 Å². The summed E-state index contributed by atoms with van der Waals surface area (Å²) in [6.45, 7) is 0. The molecular formula is C21H17FN2O2. The van der Waals surface area contributed by atoms with Crippen LogP contribution in [0.1, 0.15) is 5.56 Å². The van der Waals surface area contributed by atoms with Gasteiger partial charge in [0.1, 0.15) is 23.4 Å². The highest BCUT2D eigenvalue weighted by molar-refractivity contribution is 5.98. The first kappa shape index (κ1) is 16.1. The number of nitrogens with one attached hydrogen (secondary N) is 2. The van der Waals surface area contributed by atoms with Gasteiger partial charge in [-0.15, -0.1) is 0 Å². The van der Waals surface area contributed by atoms with Gasteiger partial charge < -0.3 is 15.4 Å². The van der Waals surface area contributed by atoms with E-state index in [-0.39, 0.29) is 11.7 Å². The summed E-state index contributed by atoms with van der Waals surface area (Å²) in [6.07, 6.45) is 0.466. The van der Waals surface area contributed by atoms with Crippen LogP contribution in [0, 0.1) is 5.82 Å². The number of ether oxygens (including phenoxy) is 1. The molecule has 0 radical (unpaired) electrons. The Hall–Kier alpha value is -3.34. The molecule has 0 fully saturated rings. The molecule has 4 nitrogen and oxygen atoms in total. The highest BCUT2D eigenvalue weighted by Crippen LogP contribution is 2.27. The van der Waals surface area contributed by atoms with Crippen LogP contribution in [0.5, 0.6) is 11.5 Å². The second-order valence-corrected chi connectivity index (χ2v) is 6.13. The molecule has 1 aliphatic rings. The Morgan fingerprint density at radius 1 is 1.00 bits per heavy atom. The van der Waals surface area contributed by atoms with Crippen molar-refractivity contribution in [3.05, 3.63) is 84.2 Å². The zero-order valence-electron chi connectivity index (χ0n) is 13.9. The summed E-state index contributed by atoms with van der Waals surface area (Å²) in [5.41, 5.74) is 2.30. The molecule has 2 N–H and O–H groups in total. The number of fused-ring (bicyclic) bond motifs is 1. The average molecular weight is 348 g/mol. The van der Waals surface area contributed by atoms with Crippen molar-refractivity contribution in [3.8, 4) is 11.5 Å². The number of amides is 1. The Balaban J connectivity index is 1.38. The molecule has 1 unspecified atom stereocenters. The largest absolute Gasteiger partial charge is 0.457 e. The minimum atomic E-state index is -0.410. The van der Waals surface area contributed by atoms with E-state index in [4.69, 9.17) is 4.74 Å². The van der Waals surface area contributed by atoms with Crippen LogP contribution in [-0.2, 0) is 11.2 Å². The molecular weight excluding hydrogens is 331 g/mol. The molecule has 0 aromatic heterocycles.